The van der Waals surface area contributed by atoms with Crippen molar-refractivity contribution in [3.8, 4) is 22.9 Å². The van der Waals surface area contributed by atoms with E-state index in [1.54, 1.807) is 18.2 Å². The molecule has 0 aliphatic carbocycles. The molecule has 5 aromatic rings. The van der Waals surface area contributed by atoms with Crippen LogP contribution in [0.1, 0.15) is 11.1 Å². The summed E-state index contributed by atoms with van der Waals surface area (Å²) < 4.78 is 33.6. The summed E-state index contributed by atoms with van der Waals surface area (Å²) in [4.78, 5) is 24.0. The van der Waals surface area contributed by atoms with Gasteiger partial charge in [-0.05, 0) is 41.0 Å². The van der Waals surface area contributed by atoms with E-state index in [9.17, 15) is 13.6 Å². The Hall–Kier alpha value is -4.39. The molecule has 2 aromatic heterocycles. The van der Waals surface area contributed by atoms with Crippen LogP contribution in [0.5, 0.6) is 11.6 Å². The number of H-pyrrole nitrogens is 1. The Balaban J connectivity index is 1.32. The van der Waals surface area contributed by atoms with Crippen LogP contribution in [0.4, 0.5) is 8.78 Å². The summed E-state index contributed by atoms with van der Waals surface area (Å²) in [7, 11) is 0. The molecule has 5 nitrogen and oxygen atoms in total. The molecule has 0 radical (unpaired) electrons. The quantitative estimate of drug-likeness (QED) is 0.324. The first-order valence-corrected chi connectivity index (χ1v) is 10.7. The lowest BCUT2D eigenvalue weighted by atomic mass is 10.0. The van der Waals surface area contributed by atoms with Gasteiger partial charge >= 0.3 is 0 Å². The number of fused-ring (bicyclic) bond motifs is 1. The summed E-state index contributed by atoms with van der Waals surface area (Å²) in [6.45, 7) is 0. The Morgan fingerprint density at radius 2 is 1.68 bits per heavy atom. The van der Waals surface area contributed by atoms with Crippen LogP contribution < -0.4 is 4.74 Å². The number of benzene rings is 3. The highest BCUT2D eigenvalue weighted by atomic mass is 19.1. The topological polar surface area (TPSA) is 67.9 Å². The number of carbonyl (C=O) groups excluding carboxylic acids is 1. The summed E-state index contributed by atoms with van der Waals surface area (Å²) in [6.07, 6.45) is 1.41. The Bertz CT molecular complexity index is 1470. The Morgan fingerprint density at radius 1 is 0.882 bits per heavy atom. The standard InChI is InChI=1S/C27H19F2N3O2/c28-20-9-6-17(7-10-20)12-21(33)13-19-8-11-22(14-24(19)29)34-27-23-15-25(18-4-2-1-3-5-18)32-26(23)30-16-31-27/h1-11,14-16H,12-13H2,(H,30,31,32). The number of aromatic amines is 1. The molecule has 0 aliphatic rings. The predicted molar refractivity (Wildman–Crippen MR) is 125 cm³/mol. The molecular weight excluding hydrogens is 436 g/mol. The Kier molecular flexibility index (Phi) is 5.82. The van der Waals surface area contributed by atoms with Gasteiger partial charge in [-0.1, -0.05) is 48.5 Å². The van der Waals surface area contributed by atoms with Gasteiger partial charge < -0.3 is 9.72 Å². The third kappa shape index (κ3) is 4.68. The van der Waals surface area contributed by atoms with Gasteiger partial charge in [0.15, 0.2) is 0 Å². The fraction of sp³-hybridized carbons (Fsp3) is 0.0741. The Morgan fingerprint density at radius 3 is 2.44 bits per heavy atom. The fourth-order valence-electron chi connectivity index (χ4n) is 3.72. The molecule has 168 valence electrons. The predicted octanol–water partition coefficient (Wildman–Crippen LogP) is 6.05. The minimum absolute atomic E-state index is 0.0700. The van der Waals surface area contributed by atoms with Crippen molar-refractivity contribution in [1.29, 1.82) is 0 Å². The monoisotopic (exact) mass is 455 g/mol. The highest BCUT2D eigenvalue weighted by Crippen LogP contribution is 2.31. The molecule has 3 aromatic carbocycles. The van der Waals surface area contributed by atoms with Crippen LogP contribution >= 0.6 is 0 Å². The zero-order chi connectivity index (χ0) is 23.5. The number of aromatic nitrogens is 3. The lowest BCUT2D eigenvalue weighted by molar-refractivity contribution is -0.117. The second-order valence-corrected chi connectivity index (χ2v) is 7.86. The van der Waals surface area contributed by atoms with Crippen molar-refractivity contribution >= 4 is 16.8 Å². The van der Waals surface area contributed by atoms with Crippen molar-refractivity contribution in [1.82, 2.24) is 15.0 Å². The van der Waals surface area contributed by atoms with E-state index < -0.39 is 5.82 Å². The van der Waals surface area contributed by atoms with Crippen LogP contribution in [0, 0.1) is 11.6 Å². The van der Waals surface area contributed by atoms with Gasteiger partial charge in [-0.3, -0.25) is 4.79 Å². The van der Waals surface area contributed by atoms with Crippen molar-refractivity contribution in [3.05, 3.63) is 108 Å². The first-order valence-electron chi connectivity index (χ1n) is 10.7. The molecule has 0 fully saturated rings. The van der Waals surface area contributed by atoms with Gasteiger partial charge in [0.25, 0.3) is 0 Å². The van der Waals surface area contributed by atoms with Gasteiger partial charge in [-0.2, -0.15) is 0 Å². The smallest absolute Gasteiger partial charge is 0.231 e. The first-order chi connectivity index (χ1) is 16.5. The van der Waals surface area contributed by atoms with Gasteiger partial charge in [-0.25, -0.2) is 18.7 Å². The van der Waals surface area contributed by atoms with Crippen molar-refractivity contribution in [3.63, 3.8) is 0 Å². The van der Waals surface area contributed by atoms with Crippen LogP contribution in [0.3, 0.4) is 0 Å². The second-order valence-electron chi connectivity index (χ2n) is 7.86. The number of halogens is 2. The van der Waals surface area contributed by atoms with Crippen molar-refractivity contribution in [2.75, 3.05) is 0 Å². The van der Waals surface area contributed by atoms with Gasteiger partial charge in [-0.15, -0.1) is 0 Å². The normalized spacial score (nSPS) is 11.0. The summed E-state index contributed by atoms with van der Waals surface area (Å²) in [5, 5.41) is 0.667. The number of ketones is 1. The number of nitrogens with zero attached hydrogens (tertiary/aromatic N) is 2. The van der Waals surface area contributed by atoms with E-state index in [-0.39, 0.29) is 35.8 Å². The number of nitrogens with one attached hydrogen (secondary N) is 1. The molecule has 0 saturated heterocycles. The zero-order valence-corrected chi connectivity index (χ0v) is 18.0. The summed E-state index contributed by atoms with van der Waals surface area (Å²) in [5.41, 5.74) is 3.41. The molecule has 0 aliphatic heterocycles. The molecule has 0 saturated carbocycles. The van der Waals surface area contributed by atoms with E-state index in [1.807, 2.05) is 36.4 Å². The lowest BCUT2D eigenvalue weighted by Crippen LogP contribution is -2.08. The summed E-state index contributed by atoms with van der Waals surface area (Å²) in [5.74, 6) is -0.529. The molecule has 0 atom stereocenters. The molecule has 0 bridgehead atoms. The van der Waals surface area contributed by atoms with Crippen LogP contribution in [0.15, 0.2) is 85.2 Å². The molecule has 5 rings (SSSR count). The molecule has 1 N–H and O–H groups in total. The molecule has 2 heterocycles. The Labute approximate surface area is 194 Å². The van der Waals surface area contributed by atoms with Crippen LogP contribution in [0.2, 0.25) is 0 Å². The molecular formula is C27H19F2N3O2. The number of rotatable bonds is 7. The van der Waals surface area contributed by atoms with E-state index in [0.717, 1.165) is 11.3 Å². The lowest BCUT2D eigenvalue weighted by Gasteiger charge is -2.08. The van der Waals surface area contributed by atoms with E-state index >= 15 is 0 Å². The summed E-state index contributed by atoms with van der Waals surface area (Å²) >= 11 is 0. The third-order valence-corrected chi connectivity index (χ3v) is 5.42. The SMILES string of the molecule is O=C(Cc1ccc(F)cc1)Cc1ccc(Oc2ncnc3[nH]c(-c4ccccc4)cc23)cc1F. The van der Waals surface area contributed by atoms with E-state index in [2.05, 4.69) is 15.0 Å². The molecule has 0 unspecified atom stereocenters. The van der Waals surface area contributed by atoms with Crippen LogP contribution in [-0.2, 0) is 17.6 Å². The van der Waals surface area contributed by atoms with Crippen LogP contribution in [0.25, 0.3) is 22.3 Å². The van der Waals surface area contributed by atoms with E-state index in [4.69, 9.17) is 4.74 Å². The maximum absolute atomic E-state index is 14.7. The van der Waals surface area contributed by atoms with Gasteiger partial charge in [0, 0.05) is 24.6 Å². The minimum atomic E-state index is -0.547. The number of carbonyl (C=O) groups is 1. The maximum atomic E-state index is 14.7. The number of hydrogen-bond donors (Lipinski definition) is 1. The molecule has 34 heavy (non-hydrogen) atoms. The van der Waals surface area contributed by atoms with E-state index in [0.29, 0.717) is 22.5 Å². The molecule has 0 spiro atoms. The second kappa shape index (κ2) is 9.23. The summed E-state index contributed by atoms with van der Waals surface area (Å²) in [6, 6.07) is 21.7. The largest absolute Gasteiger partial charge is 0.438 e. The number of Topliss-reactive ketones (excluding diaryl/α,β-unsaturated/α-hetero) is 1. The fourth-order valence-corrected chi connectivity index (χ4v) is 3.72. The zero-order valence-electron chi connectivity index (χ0n) is 18.0. The van der Waals surface area contributed by atoms with Gasteiger partial charge in [0.05, 0.1) is 5.39 Å². The van der Waals surface area contributed by atoms with Crippen molar-refractivity contribution in [2.45, 2.75) is 12.8 Å². The van der Waals surface area contributed by atoms with E-state index in [1.165, 1.54) is 30.6 Å². The van der Waals surface area contributed by atoms with Crippen molar-refractivity contribution in [2.24, 2.45) is 0 Å². The highest BCUT2D eigenvalue weighted by molar-refractivity contribution is 5.87. The van der Waals surface area contributed by atoms with Gasteiger partial charge in [0.2, 0.25) is 5.88 Å². The van der Waals surface area contributed by atoms with Crippen molar-refractivity contribution < 1.29 is 18.3 Å². The number of ether oxygens (including phenoxy) is 1. The maximum Gasteiger partial charge on any atom is 0.231 e. The van der Waals surface area contributed by atoms with Crippen LogP contribution in [-0.4, -0.2) is 20.7 Å². The van der Waals surface area contributed by atoms with Gasteiger partial charge in [0.1, 0.15) is 35.1 Å². The molecule has 7 heteroatoms. The number of hydrogen-bond acceptors (Lipinski definition) is 4. The average molecular weight is 455 g/mol. The average Bonchev–Trinajstić information content (AvgIpc) is 3.29. The highest BCUT2D eigenvalue weighted by Gasteiger charge is 2.14. The first kappa shape index (κ1) is 21.5. The minimum Gasteiger partial charge on any atom is -0.438 e. The third-order valence-electron chi connectivity index (χ3n) is 5.42. The molecule has 0 amide bonds.